The lowest BCUT2D eigenvalue weighted by molar-refractivity contribution is 0.668. The van der Waals surface area contributed by atoms with E-state index in [0.29, 0.717) is 0 Å². The highest BCUT2D eigenvalue weighted by atomic mass is 14.6. The van der Waals surface area contributed by atoms with Crippen molar-refractivity contribution in [2.45, 2.75) is 46.6 Å². The van der Waals surface area contributed by atoms with Crippen molar-refractivity contribution in [3.8, 4) is 0 Å². The molecule has 0 aliphatic heterocycles. The lowest BCUT2D eigenvalue weighted by atomic mass is 10.0. The van der Waals surface area contributed by atoms with Gasteiger partial charge in [0, 0.05) is 6.04 Å². The van der Waals surface area contributed by atoms with Crippen LogP contribution in [0, 0.1) is 0 Å². The Kier molecular flexibility index (Phi) is 4.37. The van der Waals surface area contributed by atoms with Gasteiger partial charge in [0.25, 0.3) is 0 Å². The van der Waals surface area contributed by atoms with Gasteiger partial charge in [0.2, 0.25) is 0 Å². The average Bonchev–Trinajstić information content (AvgIpc) is 1.87. The van der Waals surface area contributed by atoms with Crippen molar-refractivity contribution in [2.24, 2.45) is 5.73 Å². The second-order valence-corrected chi connectivity index (χ2v) is 3.08. The Bertz CT molecular complexity index is 121. The topological polar surface area (TPSA) is 26.0 Å². The monoisotopic (exact) mass is 141 g/mol. The van der Waals surface area contributed by atoms with Crippen molar-refractivity contribution >= 4 is 0 Å². The second kappa shape index (κ2) is 4.51. The molecule has 0 rings (SSSR count). The molecule has 1 nitrogen and oxygen atoms in total. The van der Waals surface area contributed by atoms with E-state index in [-0.39, 0.29) is 6.04 Å². The molecule has 0 amide bonds. The highest BCUT2D eigenvalue weighted by Crippen LogP contribution is 2.09. The van der Waals surface area contributed by atoms with Crippen molar-refractivity contribution in [2.75, 3.05) is 0 Å². The van der Waals surface area contributed by atoms with Crippen LogP contribution in [0.25, 0.3) is 0 Å². The second-order valence-electron chi connectivity index (χ2n) is 3.08. The van der Waals surface area contributed by atoms with Gasteiger partial charge in [0.1, 0.15) is 0 Å². The van der Waals surface area contributed by atoms with Crippen molar-refractivity contribution in [1.29, 1.82) is 0 Å². The molecule has 0 heterocycles. The van der Waals surface area contributed by atoms with Crippen molar-refractivity contribution in [1.82, 2.24) is 0 Å². The summed E-state index contributed by atoms with van der Waals surface area (Å²) in [5.74, 6) is 0. The highest BCUT2D eigenvalue weighted by molar-refractivity contribution is 5.12. The van der Waals surface area contributed by atoms with Crippen molar-refractivity contribution < 1.29 is 0 Å². The van der Waals surface area contributed by atoms with E-state index >= 15 is 0 Å². The zero-order valence-corrected chi connectivity index (χ0v) is 7.57. The van der Waals surface area contributed by atoms with Gasteiger partial charge in [0.05, 0.1) is 0 Å². The Labute approximate surface area is 64.3 Å². The van der Waals surface area contributed by atoms with E-state index < -0.39 is 0 Å². The van der Waals surface area contributed by atoms with Gasteiger partial charge in [-0.3, -0.25) is 0 Å². The van der Waals surface area contributed by atoms with Crippen LogP contribution in [-0.2, 0) is 0 Å². The van der Waals surface area contributed by atoms with Crippen molar-refractivity contribution in [3.05, 3.63) is 11.1 Å². The predicted octanol–water partition coefficient (Wildman–Crippen LogP) is 2.47. The molecule has 0 spiro atoms. The maximum Gasteiger partial charge on any atom is 0.0253 e. The Morgan fingerprint density at radius 1 is 1.30 bits per heavy atom. The molecular formula is C9H19N. The fourth-order valence-corrected chi connectivity index (χ4v) is 0.898. The smallest absolute Gasteiger partial charge is 0.0253 e. The van der Waals surface area contributed by atoms with Gasteiger partial charge in [-0.2, -0.15) is 0 Å². The highest BCUT2D eigenvalue weighted by Gasteiger charge is 2.03. The first kappa shape index (κ1) is 9.70. The molecule has 0 aliphatic rings. The van der Waals surface area contributed by atoms with E-state index in [1.165, 1.54) is 17.6 Å². The maximum absolute atomic E-state index is 5.87. The van der Waals surface area contributed by atoms with E-state index in [4.69, 9.17) is 5.73 Å². The quantitative estimate of drug-likeness (QED) is 0.600. The Balaban J connectivity index is 3.94. The molecule has 0 saturated heterocycles. The number of rotatable bonds is 3. The lowest BCUT2D eigenvalue weighted by Crippen LogP contribution is -2.21. The largest absolute Gasteiger partial charge is 0.324 e. The van der Waals surface area contributed by atoms with Crippen LogP contribution in [0.2, 0.25) is 0 Å². The molecule has 1 heteroatoms. The zero-order valence-electron chi connectivity index (χ0n) is 7.57. The number of hydrogen-bond acceptors (Lipinski definition) is 1. The molecule has 0 aromatic heterocycles. The number of nitrogens with two attached hydrogens (primary N) is 1. The summed E-state index contributed by atoms with van der Waals surface area (Å²) >= 11 is 0. The Morgan fingerprint density at radius 2 is 1.80 bits per heavy atom. The minimum Gasteiger partial charge on any atom is -0.324 e. The summed E-state index contributed by atoms with van der Waals surface area (Å²) < 4.78 is 0. The van der Waals surface area contributed by atoms with Gasteiger partial charge in [-0.05, 0) is 27.2 Å². The third-order valence-electron chi connectivity index (χ3n) is 1.94. The molecule has 1 atom stereocenters. The molecule has 0 saturated carbocycles. The molecule has 2 N–H and O–H groups in total. The SMILES string of the molecule is CCCC(N)C(C)=C(C)C. The summed E-state index contributed by atoms with van der Waals surface area (Å²) in [7, 11) is 0. The van der Waals surface area contributed by atoms with Gasteiger partial charge < -0.3 is 5.73 Å². The summed E-state index contributed by atoms with van der Waals surface area (Å²) in [5.41, 5.74) is 8.58. The summed E-state index contributed by atoms with van der Waals surface area (Å²) in [4.78, 5) is 0. The Hall–Kier alpha value is -0.300. The molecule has 0 aliphatic carbocycles. The number of hydrogen-bond donors (Lipinski definition) is 1. The molecule has 10 heavy (non-hydrogen) atoms. The molecule has 1 unspecified atom stereocenters. The predicted molar refractivity (Wildman–Crippen MR) is 46.9 cm³/mol. The molecule has 60 valence electrons. The van der Waals surface area contributed by atoms with E-state index in [0.717, 1.165) is 6.42 Å². The molecule has 0 fully saturated rings. The van der Waals surface area contributed by atoms with Crippen LogP contribution in [-0.4, -0.2) is 6.04 Å². The minimum absolute atomic E-state index is 0.287. The molecular weight excluding hydrogens is 122 g/mol. The summed E-state index contributed by atoms with van der Waals surface area (Å²) in [6.07, 6.45) is 2.28. The number of allylic oxidation sites excluding steroid dienone is 1. The van der Waals surface area contributed by atoms with Gasteiger partial charge >= 0.3 is 0 Å². The average molecular weight is 141 g/mol. The van der Waals surface area contributed by atoms with E-state index in [1.807, 2.05) is 0 Å². The maximum atomic E-state index is 5.87. The zero-order chi connectivity index (χ0) is 8.15. The molecule has 0 bridgehead atoms. The van der Waals surface area contributed by atoms with Crippen LogP contribution in [0.3, 0.4) is 0 Å². The van der Waals surface area contributed by atoms with E-state index in [2.05, 4.69) is 27.7 Å². The van der Waals surface area contributed by atoms with Crippen LogP contribution < -0.4 is 5.73 Å². The minimum atomic E-state index is 0.287. The van der Waals surface area contributed by atoms with Crippen LogP contribution in [0.4, 0.5) is 0 Å². The summed E-state index contributed by atoms with van der Waals surface area (Å²) in [6, 6.07) is 0.287. The molecule has 0 radical (unpaired) electrons. The van der Waals surface area contributed by atoms with Crippen LogP contribution >= 0.6 is 0 Å². The fourth-order valence-electron chi connectivity index (χ4n) is 0.898. The van der Waals surface area contributed by atoms with Crippen LogP contribution in [0.15, 0.2) is 11.1 Å². The molecule has 0 aromatic rings. The third kappa shape index (κ3) is 3.02. The fraction of sp³-hybridized carbons (Fsp3) is 0.778. The van der Waals surface area contributed by atoms with Gasteiger partial charge in [0.15, 0.2) is 0 Å². The van der Waals surface area contributed by atoms with Crippen LogP contribution in [0.1, 0.15) is 40.5 Å². The first-order valence-electron chi connectivity index (χ1n) is 3.99. The molecule has 0 aromatic carbocycles. The normalized spacial score (nSPS) is 12.9. The van der Waals surface area contributed by atoms with Gasteiger partial charge in [-0.25, -0.2) is 0 Å². The standard InChI is InChI=1S/C9H19N/c1-5-6-9(10)8(4)7(2)3/h9H,5-6,10H2,1-4H3. The van der Waals surface area contributed by atoms with E-state index in [9.17, 15) is 0 Å². The summed E-state index contributed by atoms with van der Waals surface area (Å²) in [6.45, 7) is 8.52. The van der Waals surface area contributed by atoms with E-state index in [1.54, 1.807) is 0 Å². The van der Waals surface area contributed by atoms with Gasteiger partial charge in [-0.1, -0.05) is 24.5 Å². The lowest BCUT2D eigenvalue weighted by Gasteiger charge is -2.12. The summed E-state index contributed by atoms with van der Waals surface area (Å²) in [5, 5.41) is 0. The van der Waals surface area contributed by atoms with Crippen LogP contribution in [0.5, 0.6) is 0 Å². The first-order valence-corrected chi connectivity index (χ1v) is 3.99. The van der Waals surface area contributed by atoms with Crippen molar-refractivity contribution in [3.63, 3.8) is 0 Å². The Morgan fingerprint density at radius 3 is 2.10 bits per heavy atom. The van der Waals surface area contributed by atoms with Gasteiger partial charge in [-0.15, -0.1) is 0 Å². The first-order chi connectivity index (χ1) is 4.59. The third-order valence-corrected chi connectivity index (χ3v) is 1.94.